The van der Waals surface area contributed by atoms with E-state index < -0.39 is 5.97 Å². The molecule has 0 aromatic heterocycles. The number of ether oxygens (including phenoxy) is 1. The Labute approximate surface area is 111 Å². The number of carboxylic acid groups (broad SMARTS) is 1. The van der Waals surface area contributed by atoms with Crippen LogP contribution >= 0.6 is 0 Å². The second kappa shape index (κ2) is 7.88. The third-order valence-electron chi connectivity index (χ3n) is 2.18. The zero-order valence-electron chi connectivity index (χ0n) is 10.6. The minimum absolute atomic E-state index is 0.314. The van der Waals surface area contributed by atoms with Crippen molar-refractivity contribution in [3.8, 4) is 0 Å². The summed E-state index contributed by atoms with van der Waals surface area (Å²) in [4.78, 5) is 21.8. The molecule has 6 nitrogen and oxygen atoms in total. The summed E-state index contributed by atoms with van der Waals surface area (Å²) >= 11 is 0. The molecule has 19 heavy (non-hydrogen) atoms. The molecule has 0 spiro atoms. The van der Waals surface area contributed by atoms with Crippen LogP contribution in [-0.4, -0.2) is 37.4 Å². The summed E-state index contributed by atoms with van der Waals surface area (Å²) in [5.41, 5.74) is 1.37. The van der Waals surface area contributed by atoms with Crippen LogP contribution in [0.15, 0.2) is 30.3 Å². The summed E-state index contributed by atoms with van der Waals surface area (Å²) in [5, 5.41) is 13.8. The van der Waals surface area contributed by atoms with Gasteiger partial charge in [-0.15, -0.1) is 0 Å². The second-order valence-corrected chi connectivity index (χ2v) is 3.67. The van der Waals surface area contributed by atoms with Crippen LogP contribution in [0.1, 0.15) is 5.56 Å². The third-order valence-corrected chi connectivity index (χ3v) is 2.18. The van der Waals surface area contributed by atoms with Crippen LogP contribution in [0.4, 0.5) is 10.5 Å². The highest BCUT2D eigenvalue weighted by Crippen LogP contribution is 2.10. The molecule has 0 bridgehead atoms. The van der Waals surface area contributed by atoms with Crippen molar-refractivity contribution in [3.05, 3.63) is 35.9 Å². The predicted octanol–water partition coefficient (Wildman–Crippen LogP) is 1.55. The molecule has 0 aliphatic rings. The highest BCUT2D eigenvalue weighted by Gasteiger charge is 2.00. The lowest BCUT2D eigenvalue weighted by Crippen LogP contribution is -2.31. The maximum absolute atomic E-state index is 11.4. The van der Waals surface area contributed by atoms with Gasteiger partial charge in [-0.25, -0.2) is 9.59 Å². The first kappa shape index (κ1) is 14.7. The maximum Gasteiger partial charge on any atom is 0.328 e. The van der Waals surface area contributed by atoms with E-state index in [9.17, 15) is 9.59 Å². The number of rotatable bonds is 6. The first-order chi connectivity index (χ1) is 9.11. The Morgan fingerprint density at radius 1 is 1.32 bits per heavy atom. The van der Waals surface area contributed by atoms with Gasteiger partial charge < -0.3 is 20.5 Å². The topological polar surface area (TPSA) is 87.7 Å². The predicted molar refractivity (Wildman–Crippen MR) is 72.0 cm³/mol. The number of carboxylic acids is 1. The van der Waals surface area contributed by atoms with Crippen molar-refractivity contribution in [2.45, 2.75) is 0 Å². The van der Waals surface area contributed by atoms with E-state index in [1.54, 1.807) is 31.4 Å². The molecule has 0 saturated heterocycles. The molecule has 6 heteroatoms. The Morgan fingerprint density at radius 2 is 2.00 bits per heavy atom. The van der Waals surface area contributed by atoms with Gasteiger partial charge >= 0.3 is 12.0 Å². The molecule has 102 valence electrons. The van der Waals surface area contributed by atoms with Gasteiger partial charge in [0.15, 0.2) is 0 Å². The number of amides is 2. The molecule has 2 amide bonds. The van der Waals surface area contributed by atoms with Crippen LogP contribution in [0.25, 0.3) is 6.08 Å². The van der Waals surface area contributed by atoms with Crippen LogP contribution in [0, 0.1) is 0 Å². The van der Waals surface area contributed by atoms with Crippen molar-refractivity contribution >= 4 is 23.8 Å². The lowest BCUT2D eigenvalue weighted by Gasteiger charge is -2.07. The lowest BCUT2D eigenvalue weighted by atomic mass is 10.2. The van der Waals surface area contributed by atoms with Gasteiger partial charge in [0.25, 0.3) is 0 Å². The molecule has 0 aliphatic carbocycles. The van der Waals surface area contributed by atoms with Gasteiger partial charge in [-0.3, -0.25) is 0 Å². The zero-order chi connectivity index (χ0) is 14.1. The normalized spacial score (nSPS) is 10.4. The smallest absolute Gasteiger partial charge is 0.328 e. The summed E-state index contributed by atoms with van der Waals surface area (Å²) in [6.07, 6.45) is 2.53. The van der Waals surface area contributed by atoms with Gasteiger partial charge in [-0.2, -0.15) is 0 Å². The van der Waals surface area contributed by atoms with Crippen molar-refractivity contribution in [3.63, 3.8) is 0 Å². The van der Waals surface area contributed by atoms with Crippen LogP contribution in [-0.2, 0) is 9.53 Å². The summed E-state index contributed by atoms with van der Waals surface area (Å²) in [6.45, 7) is 0.883. The molecule has 0 saturated carbocycles. The molecule has 1 aromatic carbocycles. The molecule has 0 heterocycles. The molecule has 1 rings (SSSR count). The van der Waals surface area contributed by atoms with E-state index in [0.717, 1.165) is 11.6 Å². The second-order valence-electron chi connectivity index (χ2n) is 3.67. The average molecular weight is 264 g/mol. The van der Waals surface area contributed by atoms with E-state index in [1.165, 1.54) is 6.08 Å². The fraction of sp³-hybridized carbons (Fsp3) is 0.231. The largest absolute Gasteiger partial charge is 0.478 e. The molecule has 3 N–H and O–H groups in total. The maximum atomic E-state index is 11.4. The van der Waals surface area contributed by atoms with E-state index in [0.29, 0.717) is 18.8 Å². The number of benzene rings is 1. The molecular formula is C13H16N2O4. The Hall–Kier alpha value is -2.34. The monoisotopic (exact) mass is 264 g/mol. The van der Waals surface area contributed by atoms with Gasteiger partial charge in [0.1, 0.15) is 0 Å². The molecule has 0 radical (unpaired) electrons. The third kappa shape index (κ3) is 6.23. The number of carbonyl (C=O) groups excluding carboxylic acids is 1. The number of hydrogen-bond donors (Lipinski definition) is 3. The van der Waals surface area contributed by atoms with Gasteiger partial charge in [-0.1, -0.05) is 12.1 Å². The number of hydrogen-bond acceptors (Lipinski definition) is 3. The minimum Gasteiger partial charge on any atom is -0.478 e. The average Bonchev–Trinajstić information content (AvgIpc) is 2.38. The Bertz CT molecular complexity index is 454. The highest BCUT2D eigenvalue weighted by molar-refractivity contribution is 5.89. The van der Waals surface area contributed by atoms with E-state index >= 15 is 0 Å². The summed E-state index contributed by atoms with van der Waals surface area (Å²) in [6, 6.07) is 6.49. The Balaban J connectivity index is 2.47. The van der Waals surface area contributed by atoms with E-state index in [1.807, 2.05) is 0 Å². The zero-order valence-corrected chi connectivity index (χ0v) is 10.6. The number of methoxy groups -OCH3 is 1. The van der Waals surface area contributed by atoms with E-state index in [4.69, 9.17) is 9.84 Å². The number of carbonyl (C=O) groups is 2. The first-order valence-corrected chi connectivity index (χ1v) is 5.66. The van der Waals surface area contributed by atoms with Gasteiger partial charge in [0.2, 0.25) is 0 Å². The van der Waals surface area contributed by atoms with Crippen molar-refractivity contribution in [1.82, 2.24) is 5.32 Å². The van der Waals surface area contributed by atoms with Crippen LogP contribution in [0.5, 0.6) is 0 Å². The van der Waals surface area contributed by atoms with Crippen molar-refractivity contribution in [1.29, 1.82) is 0 Å². The number of aliphatic carboxylic acids is 1. The molecular weight excluding hydrogens is 248 g/mol. The summed E-state index contributed by atoms with van der Waals surface area (Å²) < 4.78 is 4.81. The number of nitrogens with one attached hydrogen (secondary N) is 2. The molecule has 1 aromatic rings. The molecule has 0 unspecified atom stereocenters. The Morgan fingerprint density at radius 3 is 2.58 bits per heavy atom. The highest BCUT2D eigenvalue weighted by atomic mass is 16.5. The van der Waals surface area contributed by atoms with Crippen molar-refractivity contribution in [2.75, 3.05) is 25.6 Å². The number of anilines is 1. The van der Waals surface area contributed by atoms with Crippen molar-refractivity contribution < 1.29 is 19.4 Å². The van der Waals surface area contributed by atoms with Crippen LogP contribution in [0.3, 0.4) is 0 Å². The quantitative estimate of drug-likeness (QED) is 0.537. The minimum atomic E-state index is -1.00. The molecule has 0 atom stereocenters. The summed E-state index contributed by atoms with van der Waals surface area (Å²) in [7, 11) is 1.56. The fourth-order valence-electron chi connectivity index (χ4n) is 1.29. The molecule has 0 aliphatic heterocycles. The van der Waals surface area contributed by atoms with Gasteiger partial charge in [-0.05, 0) is 23.8 Å². The SMILES string of the molecule is COCCNC(=O)Nc1ccc(C=CC(=O)O)cc1. The van der Waals surface area contributed by atoms with Gasteiger partial charge in [0, 0.05) is 25.4 Å². The molecule has 0 fully saturated rings. The van der Waals surface area contributed by atoms with Crippen LogP contribution in [0.2, 0.25) is 0 Å². The van der Waals surface area contributed by atoms with Crippen molar-refractivity contribution in [2.24, 2.45) is 0 Å². The lowest BCUT2D eigenvalue weighted by molar-refractivity contribution is -0.131. The first-order valence-electron chi connectivity index (χ1n) is 5.66. The van der Waals surface area contributed by atoms with E-state index in [2.05, 4.69) is 10.6 Å². The number of urea groups is 1. The van der Waals surface area contributed by atoms with Gasteiger partial charge in [0.05, 0.1) is 6.61 Å². The van der Waals surface area contributed by atoms with E-state index in [-0.39, 0.29) is 6.03 Å². The fourth-order valence-corrected chi connectivity index (χ4v) is 1.29. The van der Waals surface area contributed by atoms with Crippen LogP contribution < -0.4 is 10.6 Å². The summed E-state index contributed by atoms with van der Waals surface area (Å²) in [5.74, 6) is -1.00. The Kier molecular flexibility index (Phi) is 6.11. The standard InChI is InChI=1S/C13H16N2O4/c1-19-9-8-14-13(18)15-11-5-2-10(3-6-11)4-7-12(16)17/h2-7H,8-9H2,1H3,(H,16,17)(H2,14,15,18).